The molecule has 1 amide bonds. The number of aromatic nitrogens is 1. The van der Waals surface area contributed by atoms with Crippen molar-refractivity contribution in [2.45, 2.75) is 26.8 Å². The Kier molecular flexibility index (Phi) is 4.35. The molecule has 0 aliphatic carbocycles. The van der Waals surface area contributed by atoms with Gasteiger partial charge in [-0.05, 0) is 39.0 Å². The summed E-state index contributed by atoms with van der Waals surface area (Å²) in [4.78, 5) is 16.9. The van der Waals surface area contributed by atoms with Crippen molar-refractivity contribution in [1.82, 2.24) is 10.3 Å². The monoisotopic (exact) mass is 272 g/mol. The molecule has 0 saturated heterocycles. The molecule has 0 unspecified atom stereocenters. The highest BCUT2D eigenvalue weighted by molar-refractivity contribution is 6.06. The Bertz CT molecular complexity index is 638. The average molecular weight is 272 g/mol. The van der Waals surface area contributed by atoms with Crippen molar-refractivity contribution >= 4 is 16.8 Å². The van der Waals surface area contributed by atoms with Gasteiger partial charge in [-0.15, -0.1) is 0 Å². The molecule has 0 saturated carbocycles. The van der Waals surface area contributed by atoms with Gasteiger partial charge in [-0.3, -0.25) is 9.78 Å². The van der Waals surface area contributed by atoms with Gasteiger partial charge in [-0.25, -0.2) is 0 Å². The minimum Gasteiger partial charge on any atom is -0.383 e. The molecular weight excluding hydrogens is 252 g/mol. The Labute approximate surface area is 119 Å². The number of aryl methyl sites for hydroxylation is 2. The highest BCUT2D eigenvalue weighted by Crippen LogP contribution is 2.20. The van der Waals surface area contributed by atoms with Gasteiger partial charge in [-0.1, -0.05) is 11.6 Å². The molecule has 0 fully saturated rings. The topological polar surface area (TPSA) is 51.2 Å². The average Bonchev–Trinajstić information content (AvgIpc) is 2.38. The number of hydrogen-bond donors (Lipinski definition) is 1. The van der Waals surface area contributed by atoms with Gasteiger partial charge in [0.2, 0.25) is 0 Å². The lowest BCUT2D eigenvalue weighted by molar-refractivity contribution is 0.0907. The number of carbonyl (C=O) groups excluding carboxylic acids is 1. The Morgan fingerprint density at radius 1 is 1.35 bits per heavy atom. The third kappa shape index (κ3) is 3.14. The number of methoxy groups -OCH3 is 1. The number of nitrogens with one attached hydrogen (secondary N) is 1. The third-order valence-electron chi connectivity index (χ3n) is 3.13. The predicted molar refractivity (Wildman–Crippen MR) is 80.0 cm³/mol. The molecule has 0 aliphatic heterocycles. The second kappa shape index (κ2) is 6.01. The summed E-state index contributed by atoms with van der Waals surface area (Å²) in [5.74, 6) is -0.0874. The summed E-state index contributed by atoms with van der Waals surface area (Å²) in [5, 5.41) is 3.83. The molecule has 1 aromatic carbocycles. The minimum absolute atomic E-state index is 0.0270. The maximum Gasteiger partial charge on any atom is 0.252 e. The highest BCUT2D eigenvalue weighted by Gasteiger charge is 2.14. The lowest BCUT2D eigenvalue weighted by atomic mass is 10.0. The van der Waals surface area contributed by atoms with Crippen LogP contribution in [0.2, 0.25) is 0 Å². The van der Waals surface area contributed by atoms with E-state index in [0.29, 0.717) is 12.2 Å². The van der Waals surface area contributed by atoms with Crippen molar-refractivity contribution in [3.05, 3.63) is 41.1 Å². The van der Waals surface area contributed by atoms with E-state index in [1.807, 2.05) is 45.0 Å². The maximum atomic E-state index is 12.4. The van der Waals surface area contributed by atoms with Gasteiger partial charge in [0.05, 0.1) is 17.7 Å². The number of fused-ring (bicyclic) bond motifs is 1. The molecule has 2 rings (SSSR count). The van der Waals surface area contributed by atoms with E-state index in [2.05, 4.69) is 10.3 Å². The Morgan fingerprint density at radius 2 is 2.10 bits per heavy atom. The van der Waals surface area contributed by atoms with Crippen LogP contribution in [0.5, 0.6) is 0 Å². The fourth-order valence-electron chi connectivity index (χ4n) is 2.25. The van der Waals surface area contributed by atoms with E-state index in [1.54, 1.807) is 7.11 Å². The highest BCUT2D eigenvalue weighted by atomic mass is 16.5. The van der Waals surface area contributed by atoms with Crippen LogP contribution in [0.4, 0.5) is 0 Å². The van der Waals surface area contributed by atoms with E-state index < -0.39 is 0 Å². The largest absolute Gasteiger partial charge is 0.383 e. The molecule has 0 bridgehead atoms. The molecule has 4 nitrogen and oxygen atoms in total. The molecule has 1 atom stereocenters. The zero-order valence-corrected chi connectivity index (χ0v) is 12.4. The minimum atomic E-state index is -0.0874. The van der Waals surface area contributed by atoms with E-state index in [-0.39, 0.29) is 11.9 Å². The molecule has 2 aromatic rings. The quantitative estimate of drug-likeness (QED) is 0.930. The van der Waals surface area contributed by atoms with E-state index >= 15 is 0 Å². The summed E-state index contributed by atoms with van der Waals surface area (Å²) in [5.41, 5.74) is 3.47. The van der Waals surface area contributed by atoms with E-state index in [4.69, 9.17) is 4.74 Å². The molecule has 20 heavy (non-hydrogen) atoms. The summed E-state index contributed by atoms with van der Waals surface area (Å²) in [7, 11) is 1.62. The molecule has 1 aromatic heterocycles. The van der Waals surface area contributed by atoms with Crippen molar-refractivity contribution in [2.24, 2.45) is 0 Å². The van der Waals surface area contributed by atoms with Gasteiger partial charge in [-0.2, -0.15) is 0 Å². The van der Waals surface area contributed by atoms with Crippen LogP contribution in [-0.2, 0) is 4.74 Å². The van der Waals surface area contributed by atoms with Crippen LogP contribution in [0.15, 0.2) is 24.3 Å². The Balaban J connectivity index is 2.42. The molecule has 106 valence electrons. The van der Waals surface area contributed by atoms with Crippen molar-refractivity contribution in [3.63, 3.8) is 0 Å². The number of pyridine rings is 1. The van der Waals surface area contributed by atoms with Crippen molar-refractivity contribution in [1.29, 1.82) is 0 Å². The zero-order chi connectivity index (χ0) is 14.7. The number of nitrogens with zero attached hydrogens (tertiary/aromatic N) is 1. The van der Waals surface area contributed by atoms with Crippen molar-refractivity contribution in [2.75, 3.05) is 13.7 Å². The van der Waals surface area contributed by atoms with Crippen LogP contribution >= 0.6 is 0 Å². The number of rotatable bonds is 4. The summed E-state index contributed by atoms with van der Waals surface area (Å²) in [6.07, 6.45) is 0. The third-order valence-corrected chi connectivity index (χ3v) is 3.13. The number of carbonyl (C=O) groups is 1. The fourth-order valence-corrected chi connectivity index (χ4v) is 2.25. The molecule has 1 heterocycles. The van der Waals surface area contributed by atoms with Crippen LogP contribution in [0, 0.1) is 13.8 Å². The first-order valence-corrected chi connectivity index (χ1v) is 6.69. The first-order valence-electron chi connectivity index (χ1n) is 6.69. The number of amides is 1. The smallest absolute Gasteiger partial charge is 0.252 e. The summed E-state index contributed by atoms with van der Waals surface area (Å²) in [6, 6.07) is 7.76. The fraction of sp³-hybridized carbons (Fsp3) is 0.375. The number of ether oxygens (including phenoxy) is 1. The van der Waals surface area contributed by atoms with E-state index in [9.17, 15) is 4.79 Å². The van der Waals surface area contributed by atoms with Crippen molar-refractivity contribution in [3.8, 4) is 0 Å². The number of benzene rings is 1. The molecule has 0 aliphatic rings. The van der Waals surface area contributed by atoms with Gasteiger partial charge >= 0.3 is 0 Å². The van der Waals surface area contributed by atoms with Crippen LogP contribution in [0.3, 0.4) is 0 Å². The second-order valence-electron chi connectivity index (χ2n) is 5.16. The summed E-state index contributed by atoms with van der Waals surface area (Å²) >= 11 is 0. The molecule has 1 N–H and O–H groups in total. The van der Waals surface area contributed by atoms with Gasteiger partial charge in [0.25, 0.3) is 5.91 Å². The summed E-state index contributed by atoms with van der Waals surface area (Å²) in [6.45, 7) is 6.32. The lowest BCUT2D eigenvalue weighted by Gasteiger charge is -2.14. The van der Waals surface area contributed by atoms with Gasteiger partial charge in [0.15, 0.2) is 0 Å². The van der Waals surface area contributed by atoms with Gasteiger partial charge < -0.3 is 10.1 Å². The molecule has 0 radical (unpaired) electrons. The van der Waals surface area contributed by atoms with E-state index in [1.165, 1.54) is 0 Å². The lowest BCUT2D eigenvalue weighted by Crippen LogP contribution is -2.35. The normalized spacial score (nSPS) is 12.4. The van der Waals surface area contributed by atoms with Gasteiger partial charge in [0.1, 0.15) is 0 Å². The zero-order valence-electron chi connectivity index (χ0n) is 12.4. The van der Waals surface area contributed by atoms with Crippen LogP contribution in [-0.4, -0.2) is 30.6 Å². The first kappa shape index (κ1) is 14.5. The van der Waals surface area contributed by atoms with Crippen molar-refractivity contribution < 1.29 is 9.53 Å². The number of hydrogen-bond acceptors (Lipinski definition) is 3. The van der Waals surface area contributed by atoms with Crippen LogP contribution in [0.25, 0.3) is 10.9 Å². The first-order chi connectivity index (χ1) is 9.51. The Morgan fingerprint density at radius 3 is 2.80 bits per heavy atom. The molecular formula is C16H20N2O2. The van der Waals surface area contributed by atoms with Crippen LogP contribution < -0.4 is 5.32 Å². The Hall–Kier alpha value is -1.94. The van der Waals surface area contributed by atoms with Crippen LogP contribution in [0.1, 0.15) is 28.5 Å². The second-order valence-corrected chi connectivity index (χ2v) is 5.16. The molecule has 0 spiro atoms. The summed E-state index contributed by atoms with van der Waals surface area (Å²) < 4.78 is 5.04. The van der Waals surface area contributed by atoms with E-state index in [0.717, 1.165) is 22.2 Å². The maximum absolute atomic E-state index is 12.4. The van der Waals surface area contributed by atoms with Gasteiger partial charge in [0, 0.05) is 24.2 Å². The standard InChI is InChI=1S/C16H20N2O2/c1-10-5-6-15-13(7-10)14(8-11(2)17-15)16(19)18-12(3)9-20-4/h5-8,12H,9H2,1-4H3,(H,18,19)/t12-/m1/s1. The molecule has 4 heteroatoms. The SMILES string of the molecule is COC[C@@H](C)NC(=O)c1cc(C)nc2ccc(C)cc12. The predicted octanol–water partition coefficient (Wildman–Crippen LogP) is 2.62.